The molecule has 1 heterocycles. The van der Waals surface area contributed by atoms with E-state index in [1.165, 1.54) is 6.07 Å². The Morgan fingerprint density at radius 1 is 1.21 bits per heavy atom. The van der Waals surface area contributed by atoms with Crippen molar-refractivity contribution in [2.24, 2.45) is 0 Å². The van der Waals surface area contributed by atoms with Gasteiger partial charge in [-0.15, -0.1) is 0 Å². The van der Waals surface area contributed by atoms with Crippen molar-refractivity contribution < 1.29 is 23.5 Å². The Morgan fingerprint density at radius 3 is 2.43 bits per heavy atom. The Bertz CT molecular complexity index is 973. The van der Waals surface area contributed by atoms with E-state index in [0.29, 0.717) is 10.9 Å². The van der Waals surface area contributed by atoms with Crippen LogP contribution in [0.25, 0.3) is 11.0 Å². The number of fused-ring (bicyclic) bond motifs is 1. The van der Waals surface area contributed by atoms with Gasteiger partial charge in [0.1, 0.15) is 17.2 Å². The summed E-state index contributed by atoms with van der Waals surface area (Å²) >= 11 is 6.24. The highest BCUT2D eigenvalue weighted by atomic mass is 35.5. The largest absolute Gasteiger partial charge is 0.444 e. The number of carbonyl (C=O) groups is 2. The molecule has 2 aromatic rings. The Hall–Kier alpha value is -2.54. The molecule has 1 N–H and O–H groups in total. The van der Waals surface area contributed by atoms with Gasteiger partial charge in [0, 0.05) is 17.0 Å². The first-order chi connectivity index (χ1) is 12.9. The second-order valence-electron chi connectivity index (χ2n) is 7.45. The topological polar surface area (TPSA) is 94.8 Å². The fraction of sp³-hybridized carbons (Fsp3) is 0.450. The molecule has 0 radical (unpaired) electrons. The van der Waals surface area contributed by atoms with Gasteiger partial charge in [-0.05, 0) is 52.7 Å². The van der Waals surface area contributed by atoms with E-state index in [1.807, 2.05) is 0 Å². The summed E-state index contributed by atoms with van der Waals surface area (Å²) in [5, 5.41) is 3.31. The molecule has 152 valence electrons. The molecule has 7 nitrogen and oxygen atoms in total. The first kappa shape index (κ1) is 21.8. The van der Waals surface area contributed by atoms with Crippen LogP contribution >= 0.6 is 11.6 Å². The highest BCUT2D eigenvalue weighted by Gasteiger charge is 2.25. The maximum atomic E-state index is 12.5. The molecule has 0 saturated carbocycles. The number of alkyl carbamates (subject to hydrolysis) is 1. The van der Waals surface area contributed by atoms with Gasteiger partial charge >= 0.3 is 17.7 Å². The van der Waals surface area contributed by atoms with Crippen molar-refractivity contribution in [2.45, 2.75) is 59.6 Å². The van der Waals surface area contributed by atoms with Crippen molar-refractivity contribution >= 4 is 34.6 Å². The summed E-state index contributed by atoms with van der Waals surface area (Å²) in [6, 6.07) is 2.05. The van der Waals surface area contributed by atoms with E-state index in [2.05, 4.69) is 5.32 Å². The molecule has 0 unspecified atom stereocenters. The maximum Gasteiger partial charge on any atom is 0.408 e. The summed E-state index contributed by atoms with van der Waals surface area (Å²) in [6.07, 6.45) is -0.436. The number of rotatable bonds is 4. The number of aryl methyl sites for hydroxylation is 1. The van der Waals surface area contributed by atoms with Crippen LogP contribution in [0.5, 0.6) is 5.75 Å². The normalized spacial score (nSPS) is 12.5. The third-order valence-corrected chi connectivity index (χ3v) is 4.40. The van der Waals surface area contributed by atoms with E-state index >= 15 is 0 Å². The van der Waals surface area contributed by atoms with Gasteiger partial charge in [0.05, 0.1) is 5.02 Å². The zero-order valence-electron chi connectivity index (χ0n) is 16.8. The summed E-state index contributed by atoms with van der Waals surface area (Å²) in [7, 11) is 0. The smallest absolute Gasteiger partial charge is 0.408 e. The van der Waals surface area contributed by atoms with Crippen LogP contribution in [0.15, 0.2) is 21.3 Å². The number of nitrogens with one attached hydrogen (secondary N) is 1. The third kappa shape index (κ3) is 5.04. The Kier molecular flexibility index (Phi) is 6.39. The second-order valence-corrected chi connectivity index (χ2v) is 7.85. The van der Waals surface area contributed by atoms with Crippen molar-refractivity contribution in [3.8, 4) is 5.75 Å². The molecule has 1 atom stereocenters. The summed E-state index contributed by atoms with van der Waals surface area (Å²) in [5.41, 5.74) is 0.322. The zero-order chi connectivity index (χ0) is 21.2. The minimum absolute atomic E-state index is 0.0370. The lowest BCUT2D eigenvalue weighted by Crippen LogP contribution is -2.44. The molecule has 8 heteroatoms. The van der Waals surface area contributed by atoms with E-state index in [1.54, 1.807) is 47.6 Å². The predicted octanol–water partition coefficient (Wildman–Crippen LogP) is 4.27. The van der Waals surface area contributed by atoms with Crippen LogP contribution in [0.3, 0.4) is 0 Å². The SMILES string of the molecule is CC[C@@H](NC(=O)OC(C)(C)C)C(=O)Oc1cc2oc(=O)c(C)c(C)c2cc1Cl. The van der Waals surface area contributed by atoms with E-state index in [9.17, 15) is 14.4 Å². The minimum Gasteiger partial charge on any atom is -0.444 e. The van der Waals surface area contributed by atoms with E-state index < -0.39 is 29.3 Å². The third-order valence-electron chi connectivity index (χ3n) is 4.10. The molecule has 0 aliphatic rings. The fourth-order valence-electron chi connectivity index (χ4n) is 2.48. The molecular weight excluding hydrogens is 386 g/mol. The minimum atomic E-state index is -0.923. The monoisotopic (exact) mass is 409 g/mol. The molecule has 1 aromatic carbocycles. The van der Waals surface area contributed by atoms with E-state index in [0.717, 1.165) is 5.56 Å². The van der Waals surface area contributed by atoms with Crippen molar-refractivity contribution in [3.05, 3.63) is 38.7 Å². The van der Waals surface area contributed by atoms with Crippen LogP contribution in [0.4, 0.5) is 4.79 Å². The number of amides is 1. The van der Waals surface area contributed by atoms with Crippen LogP contribution in [0.2, 0.25) is 5.02 Å². The maximum absolute atomic E-state index is 12.5. The summed E-state index contributed by atoms with van der Waals surface area (Å²) in [5.74, 6) is -0.671. The van der Waals surface area contributed by atoms with Gasteiger partial charge in [0.2, 0.25) is 0 Å². The average Bonchev–Trinajstić information content (AvgIpc) is 2.58. The lowest BCUT2D eigenvalue weighted by molar-refractivity contribution is -0.136. The lowest BCUT2D eigenvalue weighted by atomic mass is 10.1. The second kappa shape index (κ2) is 8.22. The number of hydrogen-bond acceptors (Lipinski definition) is 6. The zero-order valence-corrected chi connectivity index (χ0v) is 17.5. The molecule has 0 fully saturated rings. The van der Waals surface area contributed by atoms with Crippen LogP contribution in [0.1, 0.15) is 45.2 Å². The number of ether oxygens (including phenoxy) is 2. The van der Waals surface area contributed by atoms with E-state index in [4.69, 9.17) is 25.5 Å². The summed E-state index contributed by atoms with van der Waals surface area (Å²) in [6.45, 7) is 10.3. The van der Waals surface area contributed by atoms with Gasteiger partial charge < -0.3 is 19.2 Å². The number of carbonyl (C=O) groups excluding carboxylic acids is 2. The Morgan fingerprint density at radius 2 is 1.86 bits per heavy atom. The highest BCUT2D eigenvalue weighted by molar-refractivity contribution is 6.33. The van der Waals surface area contributed by atoms with E-state index in [-0.39, 0.29) is 22.8 Å². The fourth-order valence-corrected chi connectivity index (χ4v) is 2.68. The standard InChI is InChI=1S/C20H24ClNO6/c1-7-14(22-19(25)28-20(4,5)6)18(24)27-16-9-15-12(8-13(16)21)10(2)11(3)17(23)26-15/h8-9,14H,7H2,1-6H3,(H,22,25)/t14-/m1/s1. The van der Waals surface area contributed by atoms with Crippen molar-refractivity contribution in [2.75, 3.05) is 0 Å². The van der Waals surface area contributed by atoms with Crippen LogP contribution < -0.4 is 15.7 Å². The van der Waals surface area contributed by atoms with Crippen LogP contribution in [-0.4, -0.2) is 23.7 Å². The van der Waals surface area contributed by atoms with Gasteiger partial charge in [0.15, 0.2) is 5.75 Å². The molecule has 0 aliphatic heterocycles. The van der Waals surface area contributed by atoms with Gasteiger partial charge in [-0.1, -0.05) is 18.5 Å². The van der Waals surface area contributed by atoms with Crippen LogP contribution in [-0.2, 0) is 9.53 Å². The summed E-state index contributed by atoms with van der Waals surface area (Å²) < 4.78 is 15.8. The number of esters is 1. The first-order valence-electron chi connectivity index (χ1n) is 8.87. The molecule has 1 amide bonds. The first-order valence-corrected chi connectivity index (χ1v) is 9.25. The van der Waals surface area contributed by atoms with Crippen LogP contribution in [0, 0.1) is 13.8 Å². The van der Waals surface area contributed by atoms with Gasteiger partial charge in [0.25, 0.3) is 0 Å². The summed E-state index contributed by atoms with van der Waals surface area (Å²) in [4.78, 5) is 36.3. The van der Waals surface area contributed by atoms with Gasteiger partial charge in [-0.2, -0.15) is 0 Å². The van der Waals surface area contributed by atoms with Crippen molar-refractivity contribution in [1.82, 2.24) is 5.32 Å². The lowest BCUT2D eigenvalue weighted by Gasteiger charge is -2.22. The van der Waals surface area contributed by atoms with Gasteiger partial charge in [-0.3, -0.25) is 0 Å². The molecule has 0 saturated heterocycles. The molecule has 0 spiro atoms. The molecule has 28 heavy (non-hydrogen) atoms. The molecule has 0 aliphatic carbocycles. The van der Waals surface area contributed by atoms with Crippen molar-refractivity contribution in [1.29, 1.82) is 0 Å². The van der Waals surface area contributed by atoms with Crippen molar-refractivity contribution in [3.63, 3.8) is 0 Å². The molecule has 0 bridgehead atoms. The molecular formula is C20H24ClNO6. The quantitative estimate of drug-likeness (QED) is 0.460. The Balaban J connectivity index is 2.25. The number of halogens is 1. The van der Waals surface area contributed by atoms with Gasteiger partial charge in [-0.25, -0.2) is 14.4 Å². The number of benzene rings is 1. The Labute approximate surface area is 167 Å². The predicted molar refractivity (Wildman–Crippen MR) is 106 cm³/mol. The molecule has 1 aromatic heterocycles. The highest BCUT2D eigenvalue weighted by Crippen LogP contribution is 2.32. The average molecular weight is 410 g/mol. The molecule has 2 rings (SSSR count). The number of hydrogen-bond donors (Lipinski definition) is 1.